The largest absolute Gasteiger partial charge is 0.339 e. The zero-order valence-electron chi connectivity index (χ0n) is 17.0. The lowest BCUT2D eigenvalue weighted by molar-refractivity contribution is -0.114. The molecule has 3 aromatic heterocycles. The maximum atomic E-state index is 13.8. The summed E-state index contributed by atoms with van der Waals surface area (Å²) in [5, 5.41) is 5.64. The molecule has 0 aliphatic rings. The Kier molecular flexibility index (Phi) is 5.95. The summed E-state index contributed by atoms with van der Waals surface area (Å²) in [5.41, 5.74) is 2.90. The Hall–Kier alpha value is -3.56. The zero-order chi connectivity index (χ0) is 21.9. The first-order chi connectivity index (χ1) is 14.2. The van der Waals surface area contributed by atoms with Crippen molar-refractivity contribution in [3.8, 4) is 11.3 Å². The molecule has 0 saturated heterocycles. The number of rotatable bonds is 6. The van der Waals surface area contributed by atoms with E-state index in [-0.39, 0.29) is 11.7 Å². The van der Waals surface area contributed by atoms with Crippen molar-refractivity contribution in [2.45, 2.75) is 40.0 Å². The third-order valence-corrected chi connectivity index (χ3v) is 4.08. The van der Waals surface area contributed by atoms with Crippen molar-refractivity contribution in [2.24, 2.45) is 0 Å². The van der Waals surface area contributed by atoms with E-state index in [1.54, 1.807) is 25.3 Å². The maximum Gasteiger partial charge on any atom is 0.303 e. The summed E-state index contributed by atoms with van der Waals surface area (Å²) in [6, 6.07) is 4.96. The van der Waals surface area contributed by atoms with Crippen molar-refractivity contribution >= 4 is 23.2 Å². The highest BCUT2D eigenvalue weighted by molar-refractivity contribution is 5.89. The van der Waals surface area contributed by atoms with Crippen LogP contribution >= 0.6 is 0 Å². The molecule has 3 heterocycles. The van der Waals surface area contributed by atoms with Gasteiger partial charge in [-0.2, -0.15) is 8.78 Å². The molecular formula is C20H21F2N7O. The van der Waals surface area contributed by atoms with Gasteiger partial charge < -0.3 is 10.6 Å². The molecule has 10 heteroatoms. The van der Waals surface area contributed by atoms with Crippen LogP contribution in [0, 0.1) is 6.92 Å². The molecule has 0 atom stereocenters. The number of aromatic nitrogens is 5. The Bertz CT molecular complexity index is 1080. The minimum absolute atomic E-state index is 0.185. The van der Waals surface area contributed by atoms with Crippen LogP contribution in [-0.2, 0) is 17.1 Å². The summed E-state index contributed by atoms with van der Waals surface area (Å²) in [4.78, 5) is 31.9. The monoisotopic (exact) mass is 413 g/mol. The van der Waals surface area contributed by atoms with Crippen molar-refractivity contribution < 1.29 is 13.6 Å². The second-order valence-corrected chi connectivity index (χ2v) is 6.78. The first-order valence-corrected chi connectivity index (χ1v) is 9.25. The Morgan fingerprint density at radius 2 is 1.87 bits per heavy atom. The highest BCUT2D eigenvalue weighted by atomic mass is 19.3. The van der Waals surface area contributed by atoms with Gasteiger partial charge in [0.25, 0.3) is 0 Å². The number of hydrogen-bond donors (Lipinski definition) is 2. The highest BCUT2D eigenvalue weighted by Gasteiger charge is 2.29. The van der Waals surface area contributed by atoms with E-state index in [9.17, 15) is 13.6 Å². The molecule has 0 unspecified atom stereocenters. The Labute approximate surface area is 172 Å². The topological polar surface area (TPSA) is 106 Å². The third kappa shape index (κ3) is 5.07. The van der Waals surface area contributed by atoms with E-state index in [2.05, 4.69) is 35.6 Å². The quantitative estimate of drug-likeness (QED) is 0.629. The van der Waals surface area contributed by atoms with E-state index in [4.69, 9.17) is 0 Å². The first kappa shape index (κ1) is 21.2. The van der Waals surface area contributed by atoms with Crippen LogP contribution in [0.2, 0.25) is 0 Å². The molecule has 0 aliphatic carbocycles. The van der Waals surface area contributed by atoms with E-state index in [0.29, 0.717) is 28.5 Å². The molecule has 0 saturated carbocycles. The molecule has 8 nitrogen and oxygen atoms in total. The van der Waals surface area contributed by atoms with Gasteiger partial charge in [0.15, 0.2) is 0 Å². The smallest absolute Gasteiger partial charge is 0.303 e. The molecule has 0 fully saturated rings. The number of carbonyl (C=O) groups is 1. The summed E-state index contributed by atoms with van der Waals surface area (Å²) in [5.74, 6) is -3.58. The van der Waals surface area contributed by atoms with Gasteiger partial charge in [-0.05, 0) is 19.4 Å². The van der Waals surface area contributed by atoms with Crippen LogP contribution in [0.15, 0.2) is 30.7 Å². The van der Waals surface area contributed by atoms with Crippen molar-refractivity contribution in [2.75, 3.05) is 10.6 Å². The lowest BCUT2D eigenvalue weighted by Gasteiger charge is -2.15. The van der Waals surface area contributed by atoms with Gasteiger partial charge in [-0.3, -0.25) is 4.79 Å². The molecule has 0 aromatic carbocycles. The summed E-state index contributed by atoms with van der Waals surface area (Å²) >= 11 is 0. The molecule has 0 aliphatic heterocycles. The molecular weight excluding hydrogens is 392 g/mol. The van der Waals surface area contributed by atoms with Crippen molar-refractivity contribution in [3.63, 3.8) is 0 Å². The number of nitrogens with one attached hydrogen (secondary N) is 2. The molecule has 0 radical (unpaired) electrons. The third-order valence-electron chi connectivity index (χ3n) is 4.08. The fourth-order valence-corrected chi connectivity index (χ4v) is 2.72. The summed E-state index contributed by atoms with van der Waals surface area (Å²) in [6.07, 6.45) is 3.71. The predicted octanol–water partition coefficient (Wildman–Crippen LogP) is 4.01. The van der Waals surface area contributed by atoms with Crippen molar-refractivity contribution in [1.29, 1.82) is 0 Å². The Morgan fingerprint density at radius 3 is 2.53 bits per heavy atom. The van der Waals surface area contributed by atoms with E-state index in [1.165, 1.54) is 13.3 Å². The first-order valence-electron chi connectivity index (χ1n) is 9.25. The van der Waals surface area contributed by atoms with Crippen LogP contribution in [0.25, 0.3) is 11.3 Å². The van der Waals surface area contributed by atoms with Gasteiger partial charge in [0.2, 0.25) is 11.7 Å². The summed E-state index contributed by atoms with van der Waals surface area (Å²) < 4.78 is 27.5. The van der Waals surface area contributed by atoms with Crippen LogP contribution in [0.4, 0.5) is 26.1 Å². The lowest BCUT2D eigenvalue weighted by atomic mass is 10.1. The average Bonchev–Trinajstić information content (AvgIpc) is 2.66. The van der Waals surface area contributed by atoms with Crippen LogP contribution in [0.1, 0.15) is 38.0 Å². The van der Waals surface area contributed by atoms with Gasteiger partial charge in [-0.1, -0.05) is 6.92 Å². The number of amides is 1. The molecule has 3 aromatic rings. The Balaban J connectivity index is 2.09. The number of alkyl halides is 2. The molecule has 0 spiro atoms. The number of nitrogens with zero attached hydrogens (tertiary/aromatic N) is 5. The minimum atomic E-state index is -3.19. The molecule has 156 valence electrons. The Morgan fingerprint density at radius 1 is 1.10 bits per heavy atom. The second kappa shape index (κ2) is 8.44. The van der Waals surface area contributed by atoms with Crippen LogP contribution in [0.5, 0.6) is 0 Å². The van der Waals surface area contributed by atoms with E-state index >= 15 is 0 Å². The fourth-order valence-electron chi connectivity index (χ4n) is 2.72. The molecule has 3 rings (SSSR count). The number of hydrogen-bond acceptors (Lipinski definition) is 7. The van der Waals surface area contributed by atoms with E-state index < -0.39 is 11.7 Å². The fraction of sp³-hybridized carbons (Fsp3) is 0.300. The number of halogens is 2. The van der Waals surface area contributed by atoms with Gasteiger partial charge in [-0.15, -0.1) is 0 Å². The number of anilines is 3. The van der Waals surface area contributed by atoms with E-state index in [1.807, 2.05) is 13.0 Å². The molecule has 30 heavy (non-hydrogen) atoms. The van der Waals surface area contributed by atoms with Gasteiger partial charge >= 0.3 is 5.92 Å². The van der Waals surface area contributed by atoms with Crippen molar-refractivity contribution in [1.82, 2.24) is 24.9 Å². The zero-order valence-corrected chi connectivity index (χ0v) is 17.0. The predicted molar refractivity (Wildman–Crippen MR) is 109 cm³/mol. The number of pyridine rings is 1. The van der Waals surface area contributed by atoms with Crippen LogP contribution in [-0.4, -0.2) is 30.8 Å². The van der Waals surface area contributed by atoms with Gasteiger partial charge in [0, 0.05) is 49.1 Å². The SMILES string of the molecule is CCc1cc(-c2cnc(NC(C)=O)cc2Nc2cc(C)nc(C(C)(F)F)n2)ncn1. The summed E-state index contributed by atoms with van der Waals surface area (Å²) in [7, 11) is 0. The van der Waals surface area contributed by atoms with Gasteiger partial charge in [0.05, 0.1) is 11.4 Å². The van der Waals surface area contributed by atoms with Crippen LogP contribution < -0.4 is 10.6 Å². The van der Waals surface area contributed by atoms with Gasteiger partial charge in [-0.25, -0.2) is 24.9 Å². The number of aryl methyl sites for hydroxylation is 2. The highest BCUT2D eigenvalue weighted by Crippen LogP contribution is 2.31. The lowest BCUT2D eigenvalue weighted by Crippen LogP contribution is -2.14. The number of carbonyl (C=O) groups excluding carboxylic acids is 1. The molecule has 2 N–H and O–H groups in total. The van der Waals surface area contributed by atoms with Gasteiger partial charge in [0.1, 0.15) is 18.0 Å². The molecule has 0 bridgehead atoms. The minimum Gasteiger partial charge on any atom is -0.339 e. The molecule has 1 amide bonds. The maximum absolute atomic E-state index is 13.8. The standard InChI is InChI=1S/C20H21F2N7O/c1-5-13-7-15(25-10-24-13)14-9-23-17(27-12(3)30)8-16(14)28-18-6-11(2)26-19(29-18)20(4,21)22/h6-10H,5H2,1-4H3,(H2,23,26,27,28,29,30). The second-order valence-electron chi connectivity index (χ2n) is 6.78. The normalized spacial score (nSPS) is 11.3. The van der Waals surface area contributed by atoms with E-state index in [0.717, 1.165) is 19.0 Å². The van der Waals surface area contributed by atoms with Crippen molar-refractivity contribution in [3.05, 3.63) is 47.9 Å². The summed E-state index contributed by atoms with van der Waals surface area (Å²) in [6.45, 7) is 5.69. The average molecular weight is 413 g/mol. The van der Waals surface area contributed by atoms with Crippen LogP contribution in [0.3, 0.4) is 0 Å².